The van der Waals surface area contributed by atoms with Crippen LogP contribution in [0, 0.1) is 0 Å². The SMILES string of the molecule is COc1ccc2c(ccc3cc4cccc[n+]4cc32)c1. The van der Waals surface area contributed by atoms with Crippen LogP contribution in [0.3, 0.4) is 0 Å². The second kappa shape index (κ2) is 4.20. The van der Waals surface area contributed by atoms with Crippen molar-refractivity contribution in [3.05, 3.63) is 67.0 Å². The fourth-order valence-corrected chi connectivity index (χ4v) is 2.75. The normalized spacial score (nSPS) is 11.2. The summed E-state index contributed by atoms with van der Waals surface area (Å²) in [6, 6.07) is 19.0. The Hall–Kier alpha value is -2.61. The summed E-state index contributed by atoms with van der Waals surface area (Å²) >= 11 is 0. The van der Waals surface area contributed by atoms with E-state index in [0.29, 0.717) is 0 Å². The topological polar surface area (TPSA) is 13.3 Å². The van der Waals surface area contributed by atoms with Gasteiger partial charge in [-0.25, -0.2) is 0 Å². The minimum atomic E-state index is 0.894. The van der Waals surface area contributed by atoms with E-state index in [1.54, 1.807) is 7.11 Å². The van der Waals surface area contributed by atoms with Crippen LogP contribution >= 0.6 is 0 Å². The number of methoxy groups -OCH3 is 1. The van der Waals surface area contributed by atoms with Crippen LogP contribution in [-0.2, 0) is 0 Å². The maximum atomic E-state index is 5.30. The molecule has 0 radical (unpaired) electrons. The number of fused-ring (bicyclic) bond motifs is 4. The van der Waals surface area contributed by atoms with Gasteiger partial charge in [0.1, 0.15) is 5.75 Å². The minimum absolute atomic E-state index is 0.894. The zero-order chi connectivity index (χ0) is 13.5. The van der Waals surface area contributed by atoms with E-state index in [1.165, 1.54) is 27.1 Å². The largest absolute Gasteiger partial charge is 0.497 e. The molecule has 0 aliphatic rings. The van der Waals surface area contributed by atoms with Crippen LogP contribution in [-0.4, -0.2) is 7.11 Å². The minimum Gasteiger partial charge on any atom is -0.497 e. The predicted octanol–water partition coefficient (Wildman–Crippen LogP) is 3.74. The van der Waals surface area contributed by atoms with Gasteiger partial charge in [-0.3, -0.25) is 0 Å². The van der Waals surface area contributed by atoms with Crippen LogP contribution in [0.2, 0.25) is 0 Å². The molecule has 20 heavy (non-hydrogen) atoms. The molecule has 2 aromatic carbocycles. The molecular formula is C18H14NO+. The lowest BCUT2D eigenvalue weighted by Gasteiger charge is -2.05. The highest BCUT2D eigenvalue weighted by atomic mass is 16.5. The molecule has 0 bridgehead atoms. The van der Waals surface area contributed by atoms with Gasteiger partial charge in [0.25, 0.3) is 0 Å². The molecule has 0 atom stereocenters. The van der Waals surface area contributed by atoms with Crippen LogP contribution < -0.4 is 9.14 Å². The molecule has 0 spiro atoms. The Labute approximate surface area is 116 Å². The maximum Gasteiger partial charge on any atom is 0.211 e. The Morgan fingerprint density at radius 3 is 2.55 bits per heavy atom. The average molecular weight is 260 g/mol. The molecule has 4 aromatic rings. The van der Waals surface area contributed by atoms with Crippen molar-refractivity contribution in [1.82, 2.24) is 0 Å². The zero-order valence-electron chi connectivity index (χ0n) is 11.2. The molecule has 2 aromatic heterocycles. The third-order valence-corrected chi connectivity index (χ3v) is 3.80. The summed E-state index contributed by atoms with van der Waals surface area (Å²) in [6.45, 7) is 0. The van der Waals surface area contributed by atoms with E-state index < -0.39 is 0 Å². The molecule has 4 rings (SSSR count). The monoisotopic (exact) mass is 260 g/mol. The molecule has 96 valence electrons. The first-order valence-corrected chi connectivity index (χ1v) is 6.66. The van der Waals surface area contributed by atoms with E-state index in [0.717, 1.165) is 5.75 Å². The Kier molecular flexibility index (Phi) is 2.36. The van der Waals surface area contributed by atoms with Crippen molar-refractivity contribution in [3.8, 4) is 5.75 Å². The van der Waals surface area contributed by atoms with E-state index in [2.05, 4.69) is 59.3 Å². The molecule has 0 fully saturated rings. The van der Waals surface area contributed by atoms with Crippen molar-refractivity contribution >= 4 is 27.1 Å². The Bertz CT molecular complexity index is 944. The lowest BCUT2D eigenvalue weighted by molar-refractivity contribution is -0.510. The predicted molar refractivity (Wildman–Crippen MR) is 81.2 cm³/mol. The van der Waals surface area contributed by atoms with Gasteiger partial charge in [0, 0.05) is 18.2 Å². The van der Waals surface area contributed by atoms with E-state index in [4.69, 9.17) is 4.74 Å². The van der Waals surface area contributed by atoms with Crippen LogP contribution in [0.25, 0.3) is 27.1 Å². The fourth-order valence-electron chi connectivity index (χ4n) is 2.75. The van der Waals surface area contributed by atoms with Crippen molar-refractivity contribution in [1.29, 1.82) is 0 Å². The molecule has 2 heteroatoms. The highest BCUT2D eigenvalue weighted by Gasteiger charge is 2.08. The molecular weight excluding hydrogens is 246 g/mol. The number of benzene rings is 2. The summed E-state index contributed by atoms with van der Waals surface area (Å²) in [6.07, 6.45) is 4.27. The van der Waals surface area contributed by atoms with Crippen LogP contribution in [0.5, 0.6) is 5.75 Å². The molecule has 2 heterocycles. The number of nitrogens with zero attached hydrogens (tertiary/aromatic N) is 1. The van der Waals surface area contributed by atoms with E-state index in [-0.39, 0.29) is 0 Å². The second-order valence-electron chi connectivity index (χ2n) is 4.96. The van der Waals surface area contributed by atoms with Gasteiger partial charge in [0.2, 0.25) is 5.52 Å². The Balaban J connectivity index is 2.14. The quantitative estimate of drug-likeness (QED) is 0.289. The Morgan fingerprint density at radius 2 is 1.70 bits per heavy atom. The molecule has 2 nitrogen and oxygen atoms in total. The van der Waals surface area contributed by atoms with Gasteiger partial charge in [0.05, 0.1) is 12.5 Å². The molecule has 0 aliphatic heterocycles. The third-order valence-electron chi connectivity index (χ3n) is 3.80. The van der Waals surface area contributed by atoms with E-state index >= 15 is 0 Å². The summed E-state index contributed by atoms with van der Waals surface area (Å²) in [7, 11) is 1.70. The van der Waals surface area contributed by atoms with Crippen molar-refractivity contribution in [2.24, 2.45) is 0 Å². The van der Waals surface area contributed by atoms with Gasteiger partial charge in [-0.05, 0) is 40.4 Å². The summed E-state index contributed by atoms with van der Waals surface area (Å²) in [5, 5.41) is 4.97. The van der Waals surface area contributed by atoms with Crippen molar-refractivity contribution in [3.63, 3.8) is 0 Å². The van der Waals surface area contributed by atoms with Crippen LogP contribution in [0.4, 0.5) is 0 Å². The molecule has 0 saturated heterocycles. The number of hydrogen-bond acceptors (Lipinski definition) is 1. The van der Waals surface area contributed by atoms with Gasteiger partial charge in [-0.1, -0.05) is 12.1 Å². The highest BCUT2D eigenvalue weighted by molar-refractivity contribution is 6.07. The van der Waals surface area contributed by atoms with Crippen molar-refractivity contribution in [2.45, 2.75) is 0 Å². The number of pyridine rings is 2. The van der Waals surface area contributed by atoms with E-state index in [9.17, 15) is 0 Å². The van der Waals surface area contributed by atoms with E-state index in [1.807, 2.05) is 12.1 Å². The number of aromatic nitrogens is 1. The number of rotatable bonds is 1. The summed E-state index contributed by atoms with van der Waals surface area (Å²) < 4.78 is 7.46. The third kappa shape index (κ3) is 1.62. The average Bonchev–Trinajstić information content (AvgIpc) is 2.52. The first-order valence-electron chi connectivity index (χ1n) is 6.66. The van der Waals surface area contributed by atoms with Crippen LogP contribution in [0.15, 0.2) is 67.0 Å². The summed E-state index contributed by atoms with van der Waals surface area (Å²) in [4.78, 5) is 0. The summed E-state index contributed by atoms with van der Waals surface area (Å²) in [5.41, 5.74) is 1.20. The summed E-state index contributed by atoms with van der Waals surface area (Å²) in [5.74, 6) is 0.894. The molecule has 0 aliphatic carbocycles. The van der Waals surface area contributed by atoms with Gasteiger partial charge < -0.3 is 4.74 Å². The van der Waals surface area contributed by atoms with Gasteiger partial charge in [0.15, 0.2) is 12.4 Å². The second-order valence-corrected chi connectivity index (χ2v) is 4.96. The Morgan fingerprint density at radius 1 is 0.850 bits per heavy atom. The van der Waals surface area contributed by atoms with Gasteiger partial charge in [-0.2, -0.15) is 4.40 Å². The van der Waals surface area contributed by atoms with Gasteiger partial charge >= 0.3 is 0 Å². The smallest absolute Gasteiger partial charge is 0.211 e. The first-order chi connectivity index (χ1) is 9.85. The lowest BCUT2D eigenvalue weighted by atomic mass is 10.0. The van der Waals surface area contributed by atoms with Gasteiger partial charge in [-0.15, -0.1) is 0 Å². The maximum absolute atomic E-state index is 5.30. The standard InChI is InChI=1S/C18H14NO/c1-20-16-7-8-17-14(11-16)6-5-13-10-15-4-2-3-9-19(15)12-18(13)17/h2-12H,1H3/q+1. The van der Waals surface area contributed by atoms with Crippen molar-refractivity contribution in [2.75, 3.05) is 7.11 Å². The van der Waals surface area contributed by atoms with Crippen molar-refractivity contribution < 1.29 is 9.14 Å². The lowest BCUT2D eigenvalue weighted by Crippen LogP contribution is -2.19. The molecule has 0 saturated carbocycles. The fraction of sp³-hybridized carbons (Fsp3) is 0.0556. The number of hydrogen-bond donors (Lipinski definition) is 0. The molecule has 0 N–H and O–H groups in total. The number of ether oxygens (including phenoxy) is 1. The zero-order valence-corrected chi connectivity index (χ0v) is 11.2. The first kappa shape index (κ1) is 11.2. The van der Waals surface area contributed by atoms with Crippen LogP contribution in [0.1, 0.15) is 0 Å². The molecule has 0 amide bonds. The highest BCUT2D eigenvalue weighted by Crippen LogP contribution is 2.27. The molecule has 0 unspecified atom stereocenters.